The number of hydrogen-bond acceptors (Lipinski definition) is 4. The molecule has 0 fully saturated rings. The van der Waals surface area contributed by atoms with Crippen LogP contribution in [-0.4, -0.2) is 17.5 Å². The number of nitrogens with zero attached hydrogens (tertiary/aromatic N) is 1. The first-order valence-corrected chi connectivity index (χ1v) is 8.54. The van der Waals surface area contributed by atoms with E-state index in [1.807, 2.05) is 31.2 Å². The number of anilines is 3. The fourth-order valence-corrected chi connectivity index (χ4v) is 2.51. The molecule has 0 unspecified atom stereocenters. The number of rotatable bonds is 6. The second-order valence-electron chi connectivity index (χ2n) is 5.48. The number of hydrogen-bond donors (Lipinski definition) is 2. The van der Waals surface area contributed by atoms with Gasteiger partial charge in [0, 0.05) is 22.6 Å². The summed E-state index contributed by atoms with van der Waals surface area (Å²) in [6, 6.07) is 18.0. The summed E-state index contributed by atoms with van der Waals surface area (Å²) in [5.74, 6) is 1.17. The van der Waals surface area contributed by atoms with Gasteiger partial charge in [-0.05, 0) is 61.5 Å². The summed E-state index contributed by atoms with van der Waals surface area (Å²) in [5, 5.41) is 6.61. The van der Waals surface area contributed by atoms with Gasteiger partial charge in [0.05, 0.1) is 12.2 Å². The third kappa shape index (κ3) is 4.74. The van der Waals surface area contributed by atoms with Crippen molar-refractivity contribution >= 4 is 34.7 Å². The van der Waals surface area contributed by atoms with Gasteiger partial charge in [-0.15, -0.1) is 0 Å². The molecule has 0 aliphatic carbocycles. The van der Waals surface area contributed by atoms with Gasteiger partial charge in [-0.3, -0.25) is 4.79 Å². The lowest BCUT2D eigenvalue weighted by molar-refractivity contribution is 0.102. The summed E-state index contributed by atoms with van der Waals surface area (Å²) in [5.41, 5.74) is 1.99. The van der Waals surface area contributed by atoms with Gasteiger partial charge in [0.2, 0.25) is 0 Å². The lowest BCUT2D eigenvalue weighted by Crippen LogP contribution is -2.12. The summed E-state index contributed by atoms with van der Waals surface area (Å²) in [6.45, 7) is 2.53. The molecule has 0 aliphatic heterocycles. The van der Waals surface area contributed by atoms with Crippen LogP contribution in [0.1, 0.15) is 17.3 Å². The van der Waals surface area contributed by atoms with E-state index in [2.05, 4.69) is 15.6 Å². The Morgan fingerprint density at radius 2 is 1.88 bits per heavy atom. The topological polar surface area (TPSA) is 63.2 Å². The van der Waals surface area contributed by atoms with Gasteiger partial charge in [-0.1, -0.05) is 17.7 Å². The van der Waals surface area contributed by atoms with E-state index in [1.54, 1.807) is 36.4 Å². The number of carbonyl (C=O) groups is 1. The number of halogens is 1. The Hall–Kier alpha value is -3.05. The molecule has 0 atom stereocenters. The van der Waals surface area contributed by atoms with Gasteiger partial charge in [0.15, 0.2) is 0 Å². The predicted octanol–water partition coefficient (Wildman–Crippen LogP) is 5.13. The van der Waals surface area contributed by atoms with Gasteiger partial charge in [-0.25, -0.2) is 4.98 Å². The monoisotopic (exact) mass is 367 g/mol. The van der Waals surface area contributed by atoms with Crippen LogP contribution >= 0.6 is 11.6 Å². The lowest BCUT2D eigenvalue weighted by atomic mass is 10.2. The summed E-state index contributed by atoms with van der Waals surface area (Å²) >= 11 is 5.96. The molecule has 0 radical (unpaired) electrons. The van der Waals surface area contributed by atoms with Crippen LogP contribution < -0.4 is 15.4 Å². The van der Waals surface area contributed by atoms with Crippen molar-refractivity contribution in [3.63, 3.8) is 0 Å². The molecule has 0 bridgehead atoms. The zero-order valence-electron chi connectivity index (χ0n) is 14.2. The molecule has 1 aromatic heterocycles. The quantitative estimate of drug-likeness (QED) is 0.634. The van der Waals surface area contributed by atoms with Crippen LogP contribution in [-0.2, 0) is 0 Å². The lowest BCUT2D eigenvalue weighted by Gasteiger charge is -2.08. The Balaban J connectivity index is 1.63. The predicted molar refractivity (Wildman–Crippen MR) is 105 cm³/mol. The molecule has 3 rings (SSSR count). The Morgan fingerprint density at radius 3 is 2.54 bits per heavy atom. The largest absolute Gasteiger partial charge is 0.494 e. The zero-order valence-corrected chi connectivity index (χ0v) is 15.0. The SMILES string of the molecule is CCOc1ccc(NC(=O)c2ccc(Nc3cccc(Cl)c3)nc2)cc1. The van der Waals surface area contributed by atoms with Crippen LogP contribution in [0.2, 0.25) is 5.02 Å². The van der Waals surface area contributed by atoms with E-state index in [9.17, 15) is 4.79 Å². The van der Waals surface area contributed by atoms with E-state index in [1.165, 1.54) is 6.20 Å². The third-order valence-corrected chi connectivity index (χ3v) is 3.78. The van der Waals surface area contributed by atoms with E-state index >= 15 is 0 Å². The highest BCUT2D eigenvalue weighted by molar-refractivity contribution is 6.30. The first-order valence-electron chi connectivity index (χ1n) is 8.17. The summed E-state index contributed by atoms with van der Waals surface area (Å²) in [7, 11) is 0. The minimum atomic E-state index is -0.226. The highest BCUT2D eigenvalue weighted by Gasteiger charge is 2.07. The third-order valence-electron chi connectivity index (χ3n) is 3.55. The Kier molecular flexibility index (Phi) is 5.71. The molecule has 3 aromatic rings. The molecule has 1 amide bonds. The molecule has 1 heterocycles. The first-order chi connectivity index (χ1) is 12.6. The Morgan fingerprint density at radius 1 is 1.08 bits per heavy atom. The number of nitrogens with one attached hydrogen (secondary N) is 2. The first kappa shape index (κ1) is 17.8. The maximum atomic E-state index is 12.3. The number of carbonyl (C=O) groups excluding carboxylic acids is 1. The Labute approximate surface area is 157 Å². The fourth-order valence-electron chi connectivity index (χ4n) is 2.32. The summed E-state index contributed by atoms with van der Waals surface area (Å²) in [4.78, 5) is 16.6. The molecule has 132 valence electrons. The number of pyridine rings is 1. The van der Waals surface area contributed by atoms with Crippen LogP contribution in [0.3, 0.4) is 0 Å². The molecular formula is C20H18ClN3O2. The fraction of sp³-hybridized carbons (Fsp3) is 0.100. The van der Waals surface area contributed by atoms with Crippen molar-refractivity contribution in [3.8, 4) is 5.75 Å². The average Bonchev–Trinajstić information content (AvgIpc) is 2.64. The maximum absolute atomic E-state index is 12.3. The van der Waals surface area contributed by atoms with Crippen molar-refractivity contribution in [1.29, 1.82) is 0 Å². The highest BCUT2D eigenvalue weighted by atomic mass is 35.5. The number of benzene rings is 2. The van der Waals surface area contributed by atoms with Crippen molar-refractivity contribution in [2.24, 2.45) is 0 Å². The highest BCUT2D eigenvalue weighted by Crippen LogP contribution is 2.20. The maximum Gasteiger partial charge on any atom is 0.257 e. The normalized spacial score (nSPS) is 10.2. The molecule has 0 aliphatic rings. The van der Waals surface area contributed by atoms with Gasteiger partial charge >= 0.3 is 0 Å². The minimum Gasteiger partial charge on any atom is -0.494 e. The molecule has 2 aromatic carbocycles. The molecule has 6 heteroatoms. The van der Waals surface area contributed by atoms with Crippen LogP contribution in [0.15, 0.2) is 66.9 Å². The van der Waals surface area contributed by atoms with Crippen molar-refractivity contribution in [3.05, 3.63) is 77.4 Å². The summed E-state index contributed by atoms with van der Waals surface area (Å²) < 4.78 is 5.38. The van der Waals surface area contributed by atoms with Gasteiger partial charge < -0.3 is 15.4 Å². The molecule has 0 spiro atoms. The minimum absolute atomic E-state index is 0.226. The van der Waals surface area contributed by atoms with E-state index < -0.39 is 0 Å². The number of amides is 1. The zero-order chi connectivity index (χ0) is 18.4. The van der Waals surface area contributed by atoms with E-state index in [0.717, 1.165) is 11.4 Å². The number of ether oxygens (including phenoxy) is 1. The summed E-state index contributed by atoms with van der Waals surface area (Å²) in [6.07, 6.45) is 1.52. The molecular weight excluding hydrogens is 350 g/mol. The molecule has 2 N–H and O–H groups in total. The van der Waals surface area contributed by atoms with E-state index in [-0.39, 0.29) is 5.91 Å². The van der Waals surface area contributed by atoms with Crippen LogP contribution in [0.25, 0.3) is 0 Å². The standard InChI is InChI=1S/C20H18ClN3O2/c1-2-26-18-9-7-16(8-10-18)24-20(25)14-6-11-19(22-13-14)23-17-5-3-4-15(21)12-17/h3-13H,2H2,1H3,(H,22,23)(H,24,25). The van der Waals surface area contributed by atoms with Gasteiger partial charge in [0.1, 0.15) is 11.6 Å². The molecule has 5 nitrogen and oxygen atoms in total. The molecule has 26 heavy (non-hydrogen) atoms. The Bertz CT molecular complexity index is 880. The van der Waals surface area contributed by atoms with E-state index in [0.29, 0.717) is 28.7 Å². The molecule has 0 saturated carbocycles. The molecule has 0 saturated heterocycles. The van der Waals surface area contributed by atoms with Crippen LogP contribution in [0.5, 0.6) is 5.75 Å². The van der Waals surface area contributed by atoms with Crippen molar-refractivity contribution < 1.29 is 9.53 Å². The smallest absolute Gasteiger partial charge is 0.257 e. The van der Waals surface area contributed by atoms with Gasteiger partial charge in [0.25, 0.3) is 5.91 Å². The van der Waals surface area contributed by atoms with Crippen LogP contribution in [0, 0.1) is 0 Å². The van der Waals surface area contributed by atoms with Crippen LogP contribution in [0.4, 0.5) is 17.2 Å². The van der Waals surface area contributed by atoms with E-state index in [4.69, 9.17) is 16.3 Å². The second-order valence-corrected chi connectivity index (χ2v) is 5.92. The van der Waals surface area contributed by atoms with Crippen molar-refractivity contribution in [2.75, 3.05) is 17.2 Å². The number of aromatic nitrogens is 1. The average molecular weight is 368 g/mol. The van der Waals surface area contributed by atoms with Gasteiger partial charge in [-0.2, -0.15) is 0 Å². The van der Waals surface area contributed by atoms with Crippen molar-refractivity contribution in [2.45, 2.75) is 6.92 Å². The second kappa shape index (κ2) is 8.36. The van der Waals surface area contributed by atoms with Crippen molar-refractivity contribution in [1.82, 2.24) is 4.98 Å².